The van der Waals surface area contributed by atoms with Crippen molar-refractivity contribution in [3.05, 3.63) is 71.8 Å². The van der Waals surface area contributed by atoms with Crippen molar-refractivity contribution in [2.75, 3.05) is 43.1 Å². The predicted molar refractivity (Wildman–Crippen MR) is 117 cm³/mol. The number of rotatable bonds is 5. The molecule has 6 nitrogen and oxygen atoms in total. The van der Waals surface area contributed by atoms with E-state index in [-0.39, 0.29) is 5.69 Å². The molecule has 1 N–H and O–H groups in total. The molecule has 0 unspecified atom stereocenters. The number of hydrogen-bond donors (Lipinski definition) is 1. The number of ether oxygens (including phenoxy) is 2. The van der Waals surface area contributed by atoms with Crippen LogP contribution in [0.25, 0.3) is 10.8 Å². The summed E-state index contributed by atoms with van der Waals surface area (Å²) in [5.41, 5.74) is -0.144. The SMILES string of the molecule is O=C(COC(=O)c1cccc2ccccc12)Nc1cc(C(F)(F)F)ccc1N1CCOCC1. The van der Waals surface area contributed by atoms with Gasteiger partial charge in [-0.2, -0.15) is 13.2 Å². The van der Waals surface area contributed by atoms with Crippen LogP contribution in [0.3, 0.4) is 0 Å². The normalized spacial score (nSPS) is 14.2. The molecule has 1 aliphatic rings. The van der Waals surface area contributed by atoms with Crippen LogP contribution in [-0.2, 0) is 20.4 Å². The Morgan fingerprint density at radius 3 is 2.48 bits per heavy atom. The maximum atomic E-state index is 13.2. The van der Waals surface area contributed by atoms with Crippen molar-refractivity contribution < 1.29 is 32.2 Å². The summed E-state index contributed by atoms with van der Waals surface area (Å²) in [5, 5.41) is 3.99. The zero-order valence-corrected chi connectivity index (χ0v) is 17.5. The fourth-order valence-electron chi connectivity index (χ4n) is 3.69. The minimum absolute atomic E-state index is 0.00191. The molecule has 0 atom stereocenters. The Labute approximate surface area is 187 Å². The first-order valence-corrected chi connectivity index (χ1v) is 10.3. The third kappa shape index (κ3) is 5.25. The van der Waals surface area contributed by atoms with Gasteiger partial charge in [0.1, 0.15) is 0 Å². The topological polar surface area (TPSA) is 67.9 Å². The summed E-state index contributed by atoms with van der Waals surface area (Å²) in [6.07, 6.45) is -4.57. The number of carbonyl (C=O) groups is 2. The summed E-state index contributed by atoms with van der Waals surface area (Å²) in [6.45, 7) is 1.17. The third-order valence-corrected chi connectivity index (χ3v) is 5.29. The molecule has 1 aliphatic heterocycles. The molecule has 3 aromatic rings. The Hall–Kier alpha value is -3.59. The van der Waals surface area contributed by atoms with Crippen LogP contribution in [0.5, 0.6) is 0 Å². The summed E-state index contributed by atoms with van der Waals surface area (Å²) in [6, 6.07) is 15.6. The number of fused-ring (bicyclic) bond motifs is 1. The highest BCUT2D eigenvalue weighted by Crippen LogP contribution is 2.35. The van der Waals surface area contributed by atoms with E-state index < -0.39 is 30.2 Å². The van der Waals surface area contributed by atoms with Gasteiger partial charge in [-0.1, -0.05) is 36.4 Å². The van der Waals surface area contributed by atoms with Crippen molar-refractivity contribution in [3.8, 4) is 0 Å². The van der Waals surface area contributed by atoms with Gasteiger partial charge in [-0.15, -0.1) is 0 Å². The van der Waals surface area contributed by atoms with Crippen LogP contribution in [0, 0.1) is 0 Å². The fraction of sp³-hybridized carbons (Fsp3) is 0.250. The number of halogens is 3. The molecule has 1 amide bonds. The number of benzene rings is 3. The van der Waals surface area contributed by atoms with Crippen molar-refractivity contribution in [1.29, 1.82) is 0 Å². The molecule has 9 heteroatoms. The maximum absolute atomic E-state index is 13.2. The van der Waals surface area contributed by atoms with E-state index in [2.05, 4.69) is 5.32 Å². The van der Waals surface area contributed by atoms with Gasteiger partial charge < -0.3 is 19.7 Å². The molecule has 0 aliphatic carbocycles. The van der Waals surface area contributed by atoms with Gasteiger partial charge in [0.15, 0.2) is 6.61 Å². The lowest BCUT2D eigenvalue weighted by molar-refractivity contribution is -0.137. The molecule has 1 fully saturated rings. The Morgan fingerprint density at radius 2 is 1.73 bits per heavy atom. The molecule has 4 rings (SSSR count). The van der Waals surface area contributed by atoms with Gasteiger partial charge in [-0.05, 0) is 35.0 Å². The number of morpholine rings is 1. The van der Waals surface area contributed by atoms with Crippen LogP contribution >= 0.6 is 0 Å². The molecule has 1 saturated heterocycles. The molecule has 172 valence electrons. The second-order valence-corrected chi connectivity index (χ2v) is 7.48. The number of esters is 1. The van der Waals surface area contributed by atoms with Crippen LogP contribution in [0.2, 0.25) is 0 Å². The monoisotopic (exact) mass is 458 g/mol. The average Bonchev–Trinajstić information content (AvgIpc) is 2.82. The number of nitrogens with one attached hydrogen (secondary N) is 1. The molecular formula is C24H21F3N2O4. The molecule has 0 saturated carbocycles. The lowest BCUT2D eigenvalue weighted by Gasteiger charge is -2.31. The van der Waals surface area contributed by atoms with Crippen molar-refractivity contribution >= 4 is 34.0 Å². The minimum Gasteiger partial charge on any atom is -0.452 e. The number of hydrogen-bond acceptors (Lipinski definition) is 5. The minimum atomic E-state index is -4.57. The highest BCUT2D eigenvalue weighted by molar-refractivity contribution is 6.05. The molecule has 0 radical (unpaired) electrons. The van der Waals surface area contributed by atoms with Gasteiger partial charge in [0.2, 0.25) is 0 Å². The highest BCUT2D eigenvalue weighted by atomic mass is 19.4. The third-order valence-electron chi connectivity index (χ3n) is 5.29. The van der Waals surface area contributed by atoms with Crippen molar-refractivity contribution in [3.63, 3.8) is 0 Å². The smallest absolute Gasteiger partial charge is 0.416 e. The van der Waals surface area contributed by atoms with Gasteiger partial charge in [0.05, 0.1) is 35.7 Å². The van der Waals surface area contributed by atoms with E-state index in [1.807, 2.05) is 23.1 Å². The molecule has 0 aromatic heterocycles. The zero-order chi connectivity index (χ0) is 23.4. The summed E-state index contributed by atoms with van der Waals surface area (Å²) < 4.78 is 50.1. The number of carbonyl (C=O) groups excluding carboxylic acids is 2. The van der Waals surface area contributed by atoms with E-state index >= 15 is 0 Å². The molecule has 1 heterocycles. The summed E-state index contributed by atoms with van der Waals surface area (Å²) in [7, 11) is 0. The van der Waals surface area contributed by atoms with Gasteiger partial charge in [-0.3, -0.25) is 4.79 Å². The summed E-state index contributed by atoms with van der Waals surface area (Å²) in [4.78, 5) is 26.9. The van der Waals surface area contributed by atoms with Crippen LogP contribution in [-0.4, -0.2) is 44.8 Å². The van der Waals surface area contributed by atoms with E-state index in [4.69, 9.17) is 9.47 Å². The van der Waals surface area contributed by atoms with Crippen LogP contribution in [0.15, 0.2) is 60.7 Å². The van der Waals surface area contributed by atoms with Crippen LogP contribution < -0.4 is 10.2 Å². The predicted octanol–water partition coefficient (Wildman–Crippen LogP) is 4.49. The van der Waals surface area contributed by atoms with Gasteiger partial charge in [0.25, 0.3) is 5.91 Å². The largest absolute Gasteiger partial charge is 0.452 e. The molecule has 0 bridgehead atoms. The quantitative estimate of drug-likeness (QED) is 0.571. The maximum Gasteiger partial charge on any atom is 0.416 e. The van der Waals surface area contributed by atoms with Crippen molar-refractivity contribution in [1.82, 2.24) is 0 Å². The van der Waals surface area contributed by atoms with E-state index in [0.717, 1.165) is 17.5 Å². The first-order valence-electron chi connectivity index (χ1n) is 10.3. The molecule has 0 spiro atoms. The lowest BCUT2D eigenvalue weighted by Crippen LogP contribution is -2.37. The highest BCUT2D eigenvalue weighted by Gasteiger charge is 2.32. The van der Waals surface area contributed by atoms with Crippen molar-refractivity contribution in [2.24, 2.45) is 0 Å². The van der Waals surface area contributed by atoms with Crippen LogP contribution in [0.1, 0.15) is 15.9 Å². The summed E-state index contributed by atoms with van der Waals surface area (Å²) >= 11 is 0. The van der Waals surface area contributed by atoms with E-state index in [0.29, 0.717) is 42.9 Å². The zero-order valence-electron chi connectivity index (χ0n) is 17.5. The first kappa shape index (κ1) is 22.6. The van der Waals surface area contributed by atoms with Gasteiger partial charge in [-0.25, -0.2) is 4.79 Å². The van der Waals surface area contributed by atoms with E-state index in [1.54, 1.807) is 24.3 Å². The second-order valence-electron chi connectivity index (χ2n) is 7.48. The van der Waals surface area contributed by atoms with Gasteiger partial charge >= 0.3 is 12.1 Å². The van der Waals surface area contributed by atoms with Crippen molar-refractivity contribution in [2.45, 2.75) is 6.18 Å². The fourth-order valence-corrected chi connectivity index (χ4v) is 3.69. The Kier molecular flexibility index (Phi) is 6.50. The lowest BCUT2D eigenvalue weighted by atomic mass is 10.1. The Bertz CT molecular complexity index is 1170. The summed E-state index contributed by atoms with van der Waals surface area (Å²) in [5.74, 6) is -1.43. The second kappa shape index (κ2) is 9.50. The van der Waals surface area contributed by atoms with E-state index in [1.165, 1.54) is 6.07 Å². The Balaban J connectivity index is 1.49. The molecule has 3 aromatic carbocycles. The van der Waals surface area contributed by atoms with E-state index in [9.17, 15) is 22.8 Å². The molecule has 33 heavy (non-hydrogen) atoms. The van der Waals surface area contributed by atoms with Crippen LogP contribution in [0.4, 0.5) is 24.5 Å². The first-order chi connectivity index (χ1) is 15.8. The Morgan fingerprint density at radius 1 is 1.00 bits per heavy atom. The standard InChI is InChI=1S/C24H21F3N2O4/c25-24(26,27)17-8-9-21(29-10-12-32-13-11-29)20(14-17)28-22(30)15-33-23(31)19-7-3-5-16-4-1-2-6-18(16)19/h1-9,14H,10-13,15H2,(H,28,30). The number of nitrogens with zero attached hydrogens (tertiary/aromatic N) is 1. The molecular weight excluding hydrogens is 437 g/mol. The average molecular weight is 458 g/mol. The number of anilines is 2. The number of alkyl halides is 3. The van der Waals surface area contributed by atoms with Gasteiger partial charge in [0, 0.05) is 13.1 Å². The number of amides is 1.